The fourth-order valence-corrected chi connectivity index (χ4v) is 3.18. The molecule has 1 aromatic heterocycles. The van der Waals surface area contributed by atoms with Gasteiger partial charge in [0.1, 0.15) is 11.5 Å². The first kappa shape index (κ1) is 17.3. The third-order valence-corrected chi connectivity index (χ3v) is 4.71. The number of nitrogens with zero attached hydrogens (tertiary/aromatic N) is 2. The van der Waals surface area contributed by atoms with Gasteiger partial charge in [0.2, 0.25) is 11.8 Å². The second kappa shape index (κ2) is 7.66. The van der Waals surface area contributed by atoms with E-state index >= 15 is 0 Å². The summed E-state index contributed by atoms with van der Waals surface area (Å²) >= 11 is 0. The molecule has 138 valence electrons. The van der Waals surface area contributed by atoms with Crippen LogP contribution in [0.25, 0.3) is 0 Å². The lowest BCUT2D eigenvalue weighted by molar-refractivity contribution is -0.131. The number of amides is 1. The molecule has 2 heterocycles. The lowest BCUT2D eigenvalue weighted by Gasteiger charge is -2.25. The number of carbonyl (C=O) groups is 1. The van der Waals surface area contributed by atoms with Gasteiger partial charge < -0.3 is 14.1 Å². The molecule has 0 N–H and O–H groups in total. The van der Waals surface area contributed by atoms with Crippen LogP contribution in [0.2, 0.25) is 0 Å². The molecule has 0 atom stereocenters. The smallest absolute Gasteiger partial charge is 0.232 e. The number of oxazole rings is 1. The lowest BCUT2D eigenvalue weighted by atomic mass is 10.1. The van der Waals surface area contributed by atoms with Gasteiger partial charge >= 0.3 is 0 Å². The second-order valence-corrected chi connectivity index (χ2v) is 6.81. The number of carbonyl (C=O) groups excluding carboxylic acids is 1. The molecule has 27 heavy (non-hydrogen) atoms. The Kier molecular flexibility index (Phi) is 4.92. The predicted octanol–water partition coefficient (Wildman–Crippen LogP) is 3.69. The molecule has 0 unspecified atom stereocenters. The number of ether oxygens (including phenoxy) is 1. The number of benzene rings is 2. The van der Waals surface area contributed by atoms with Crippen LogP contribution in [0.5, 0.6) is 5.75 Å². The maximum atomic E-state index is 12.6. The minimum absolute atomic E-state index is 0.114. The Bertz CT molecular complexity index is 916. The van der Waals surface area contributed by atoms with E-state index in [4.69, 9.17) is 9.15 Å². The molecule has 0 aliphatic carbocycles. The van der Waals surface area contributed by atoms with E-state index in [2.05, 4.69) is 4.98 Å². The lowest BCUT2D eigenvalue weighted by Crippen LogP contribution is -2.36. The molecule has 0 saturated carbocycles. The van der Waals surface area contributed by atoms with Crippen molar-refractivity contribution in [1.29, 1.82) is 0 Å². The minimum Gasteiger partial charge on any atom is -0.484 e. The van der Waals surface area contributed by atoms with Gasteiger partial charge in [-0.15, -0.1) is 0 Å². The van der Waals surface area contributed by atoms with Gasteiger partial charge in [-0.25, -0.2) is 4.98 Å². The number of rotatable bonds is 5. The van der Waals surface area contributed by atoms with Crippen LogP contribution in [-0.2, 0) is 30.8 Å². The summed E-state index contributed by atoms with van der Waals surface area (Å²) in [6.45, 7) is 3.47. The molecule has 1 amide bonds. The molecule has 5 nitrogen and oxygen atoms in total. The van der Waals surface area contributed by atoms with Gasteiger partial charge in [-0.05, 0) is 24.6 Å². The third-order valence-electron chi connectivity index (χ3n) is 4.71. The first-order valence-electron chi connectivity index (χ1n) is 9.16. The summed E-state index contributed by atoms with van der Waals surface area (Å²) in [7, 11) is 0. The number of aromatic nitrogens is 1. The van der Waals surface area contributed by atoms with Gasteiger partial charge in [-0.2, -0.15) is 0 Å². The molecule has 0 spiro atoms. The van der Waals surface area contributed by atoms with Crippen molar-refractivity contribution in [2.75, 3.05) is 6.54 Å². The summed E-state index contributed by atoms with van der Waals surface area (Å²) in [6, 6.07) is 17.7. The average Bonchev–Trinajstić information content (AvgIpc) is 3.11. The summed E-state index contributed by atoms with van der Waals surface area (Å²) in [4.78, 5) is 19.0. The van der Waals surface area contributed by atoms with E-state index in [9.17, 15) is 4.79 Å². The highest BCUT2D eigenvalue weighted by Crippen LogP contribution is 2.22. The minimum atomic E-state index is 0.114. The van der Waals surface area contributed by atoms with Crippen LogP contribution in [0.15, 0.2) is 59.0 Å². The first-order chi connectivity index (χ1) is 13.2. The van der Waals surface area contributed by atoms with Crippen LogP contribution >= 0.6 is 0 Å². The molecule has 0 saturated heterocycles. The molecular formula is C22H22N2O3. The van der Waals surface area contributed by atoms with E-state index in [1.165, 1.54) is 5.56 Å². The number of fused-ring (bicyclic) bond motifs is 1. The van der Waals surface area contributed by atoms with E-state index in [0.29, 0.717) is 31.8 Å². The van der Waals surface area contributed by atoms with Gasteiger partial charge in [-0.1, -0.05) is 48.0 Å². The molecule has 2 aromatic carbocycles. The van der Waals surface area contributed by atoms with Crippen molar-refractivity contribution >= 4 is 5.91 Å². The van der Waals surface area contributed by atoms with Crippen molar-refractivity contribution in [3.63, 3.8) is 0 Å². The summed E-state index contributed by atoms with van der Waals surface area (Å²) in [5, 5.41) is 0. The van der Waals surface area contributed by atoms with Crippen molar-refractivity contribution in [1.82, 2.24) is 9.88 Å². The Hall–Kier alpha value is -3.08. The van der Waals surface area contributed by atoms with Gasteiger partial charge in [-0.3, -0.25) is 4.79 Å². The third kappa shape index (κ3) is 4.19. The zero-order valence-corrected chi connectivity index (χ0v) is 15.4. The average molecular weight is 362 g/mol. The summed E-state index contributed by atoms with van der Waals surface area (Å²) in [6.07, 6.45) is 1.12. The fourth-order valence-electron chi connectivity index (χ4n) is 3.18. The summed E-state index contributed by atoms with van der Waals surface area (Å²) < 4.78 is 11.5. The fraction of sp³-hybridized carbons (Fsp3) is 0.273. The Labute approximate surface area is 158 Å². The van der Waals surface area contributed by atoms with E-state index in [-0.39, 0.29) is 12.5 Å². The number of hydrogen-bond acceptors (Lipinski definition) is 4. The number of aryl methyl sites for hydroxylation is 1. The molecule has 1 aliphatic rings. The monoisotopic (exact) mass is 362 g/mol. The van der Waals surface area contributed by atoms with E-state index in [0.717, 1.165) is 22.8 Å². The van der Waals surface area contributed by atoms with Gasteiger partial charge in [0.25, 0.3) is 0 Å². The van der Waals surface area contributed by atoms with Crippen molar-refractivity contribution in [2.45, 2.75) is 32.9 Å². The highest BCUT2D eigenvalue weighted by atomic mass is 16.5. The van der Waals surface area contributed by atoms with Gasteiger partial charge in [0, 0.05) is 13.0 Å². The Morgan fingerprint density at radius 1 is 1.15 bits per heavy atom. The van der Waals surface area contributed by atoms with E-state index < -0.39 is 0 Å². The number of hydrogen-bond donors (Lipinski definition) is 0. The van der Waals surface area contributed by atoms with Crippen molar-refractivity contribution < 1.29 is 13.9 Å². The van der Waals surface area contributed by atoms with Crippen molar-refractivity contribution in [3.8, 4) is 5.75 Å². The molecule has 5 heteroatoms. The number of para-hydroxylation sites is 1. The second-order valence-electron chi connectivity index (χ2n) is 6.81. The largest absolute Gasteiger partial charge is 0.484 e. The molecule has 0 bridgehead atoms. The highest BCUT2D eigenvalue weighted by molar-refractivity contribution is 5.79. The normalized spacial score (nSPS) is 13.3. The van der Waals surface area contributed by atoms with E-state index in [1.807, 2.05) is 66.4 Å². The molecule has 1 aliphatic heterocycles. The van der Waals surface area contributed by atoms with Crippen LogP contribution in [-0.4, -0.2) is 22.3 Å². The SMILES string of the molecule is Cc1ccc(CC(=O)N2CCc3nc(COc4ccccc4)oc3C2)cc1. The first-order valence-corrected chi connectivity index (χ1v) is 9.16. The molecule has 0 fully saturated rings. The zero-order valence-electron chi connectivity index (χ0n) is 15.4. The molecule has 3 aromatic rings. The van der Waals surface area contributed by atoms with Crippen LogP contribution in [0, 0.1) is 6.92 Å². The maximum Gasteiger partial charge on any atom is 0.232 e. The Morgan fingerprint density at radius 2 is 1.93 bits per heavy atom. The maximum absolute atomic E-state index is 12.6. The molecule has 0 radical (unpaired) electrons. The van der Waals surface area contributed by atoms with Crippen LogP contribution in [0.3, 0.4) is 0 Å². The molecule has 4 rings (SSSR count). The predicted molar refractivity (Wildman–Crippen MR) is 101 cm³/mol. The highest BCUT2D eigenvalue weighted by Gasteiger charge is 2.25. The zero-order chi connectivity index (χ0) is 18.6. The standard InChI is InChI=1S/C22H22N2O3/c1-16-7-9-17(10-8-16)13-22(25)24-12-11-19-20(14-24)27-21(23-19)15-26-18-5-3-2-4-6-18/h2-10H,11-15H2,1H3. The van der Waals surface area contributed by atoms with E-state index in [1.54, 1.807) is 0 Å². The van der Waals surface area contributed by atoms with Crippen LogP contribution < -0.4 is 4.74 Å². The summed E-state index contributed by atoms with van der Waals surface area (Å²) in [5.41, 5.74) is 3.16. The topological polar surface area (TPSA) is 55.6 Å². The Balaban J connectivity index is 1.37. The molecular weight excluding hydrogens is 340 g/mol. The quantitative estimate of drug-likeness (QED) is 0.695. The van der Waals surface area contributed by atoms with Gasteiger partial charge in [0.15, 0.2) is 6.61 Å². The Morgan fingerprint density at radius 3 is 2.70 bits per heavy atom. The van der Waals surface area contributed by atoms with Crippen LogP contribution in [0.4, 0.5) is 0 Å². The van der Waals surface area contributed by atoms with Crippen molar-refractivity contribution in [3.05, 3.63) is 83.1 Å². The summed E-state index contributed by atoms with van der Waals surface area (Å²) in [5.74, 6) is 2.22. The van der Waals surface area contributed by atoms with Crippen LogP contribution in [0.1, 0.15) is 28.5 Å². The van der Waals surface area contributed by atoms with Crippen molar-refractivity contribution in [2.24, 2.45) is 0 Å². The van der Waals surface area contributed by atoms with Gasteiger partial charge in [0.05, 0.1) is 18.7 Å².